The molecule has 0 N–H and O–H groups in total. The van der Waals surface area contributed by atoms with E-state index in [0.29, 0.717) is 26.2 Å². The highest BCUT2D eigenvalue weighted by Gasteiger charge is 2.27. The summed E-state index contributed by atoms with van der Waals surface area (Å²) in [5.74, 6) is 0.858. The van der Waals surface area contributed by atoms with Crippen molar-refractivity contribution < 1.29 is 9.53 Å². The molecule has 0 atom stereocenters. The molecule has 0 spiro atoms. The van der Waals surface area contributed by atoms with Crippen LogP contribution in [0.4, 0.5) is 16.3 Å². The highest BCUT2D eigenvalue weighted by molar-refractivity contribution is 5.90. The molecule has 5 rings (SSSR count). The molecule has 3 aromatic rings. The van der Waals surface area contributed by atoms with Gasteiger partial charge in [-0.3, -0.25) is 9.67 Å². The molecule has 38 heavy (non-hydrogen) atoms. The maximum absolute atomic E-state index is 12.4. The Balaban J connectivity index is 1.29. The normalized spacial score (nSPS) is 17.0. The smallest absolute Gasteiger partial charge is 0.410 e. The number of pyridine rings is 1. The van der Waals surface area contributed by atoms with Crippen molar-refractivity contribution in [2.75, 3.05) is 49.1 Å². The van der Waals surface area contributed by atoms with Crippen molar-refractivity contribution in [3.63, 3.8) is 0 Å². The lowest BCUT2D eigenvalue weighted by atomic mass is 9.96. The maximum Gasteiger partial charge on any atom is 0.410 e. The highest BCUT2D eigenvalue weighted by Crippen LogP contribution is 2.34. The van der Waals surface area contributed by atoms with Gasteiger partial charge >= 0.3 is 6.09 Å². The van der Waals surface area contributed by atoms with E-state index in [4.69, 9.17) is 14.7 Å². The predicted molar refractivity (Wildman–Crippen MR) is 149 cm³/mol. The number of anilines is 2. The van der Waals surface area contributed by atoms with Crippen LogP contribution in [0.5, 0.6) is 0 Å². The first-order valence-electron chi connectivity index (χ1n) is 13.3. The van der Waals surface area contributed by atoms with Crippen LogP contribution in [0.15, 0.2) is 24.0 Å². The molecule has 202 valence electrons. The second-order valence-corrected chi connectivity index (χ2v) is 11.3. The fourth-order valence-corrected chi connectivity index (χ4v) is 5.29. The lowest BCUT2D eigenvalue weighted by molar-refractivity contribution is 0.0240. The number of hydrogen-bond acceptors (Lipinski definition) is 8. The van der Waals surface area contributed by atoms with Crippen LogP contribution in [0.2, 0.25) is 0 Å². The molecule has 3 aromatic heterocycles. The SMILES string of the molecule is CC1=C(c2ncc(N3CCN(C(=O)OC(C)(C)C)CC3)nc2C)CCN(c2cc(C)nc3c2cnn3C)C1. The van der Waals surface area contributed by atoms with E-state index < -0.39 is 5.60 Å². The number of aryl methyl sites for hydroxylation is 3. The zero-order valence-corrected chi connectivity index (χ0v) is 23.6. The molecule has 0 saturated carbocycles. The summed E-state index contributed by atoms with van der Waals surface area (Å²) < 4.78 is 7.35. The second kappa shape index (κ2) is 9.89. The van der Waals surface area contributed by atoms with E-state index >= 15 is 0 Å². The third-order valence-electron chi connectivity index (χ3n) is 7.20. The molecular weight excluding hydrogens is 480 g/mol. The summed E-state index contributed by atoms with van der Waals surface area (Å²) in [7, 11) is 1.93. The molecular formula is C28H38N8O2. The van der Waals surface area contributed by atoms with Crippen LogP contribution in [0, 0.1) is 13.8 Å². The van der Waals surface area contributed by atoms with E-state index in [1.54, 1.807) is 4.90 Å². The van der Waals surface area contributed by atoms with Gasteiger partial charge in [0, 0.05) is 52.0 Å². The Hall–Kier alpha value is -3.69. The molecule has 0 bridgehead atoms. The van der Waals surface area contributed by atoms with Gasteiger partial charge in [-0.2, -0.15) is 5.10 Å². The van der Waals surface area contributed by atoms with E-state index in [0.717, 1.165) is 53.4 Å². The van der Waals surface area contributed by atoms with Crippen LogP contribution in [0.1, 0.15) is 51.2 Å². The van der Waals surface area contributed by atoms with Gasteiger partial charge < -0.3 is 19.4 Å². The van der Waals surface area contributed by atoms with Crippen molar-refractivity contribution in [1.29, 1.82) is 0 Å². The van der Waals surface area contributed by atoms with E-state index in [1.807, 2.05) is 58.7 Å². The Morgan fingerprint density at radius 3 is 2.37 bits per heavy atom. The summed E-state index contributed by atoms with van der Waals surface area (Å²) in [5, 5.41) is 5.51. The van der Waals surface area contributed by atoms with Crippen LogP contribution in [-0.4, -0.2) is 80.6 Å². The van der Waals surface area contributed by atoms with Crippen molar-refractivity contribution >= 4 is 34.2 Å². The van der Waals surface area contributed by atoms with Gasteiger partial charge in [-0.25, -0.2) is 14.8 Å². The number of fused-ring (bicyclic) bond motifs is 1. The van der Waals surface area contributed by atoms with Crippen molar-refractivity contribution in [3.8, 4) is 0 Å². The van der Waals surface area contributed by atoms with Gasteiger partial charge in [-0.1, -0.05) is 0 Å². The van der Waals surface area contributed by atoms with Crippen LogP contribution < -0.4 is 9.80 Å². The molecule has 5 heterocycles. The topological polar surface area (TPSA) is 92.5 Å². The minimum atomic E-state index is -0.488. The highest BCUT2D eigenvalue weighted by atomic mass is 16.6. The van der Waals surface area contributed by atoms with Crippen LogP contribution >= 0.6 is 0 Å². The lowest BCUT2D eigenvalue weighted by Gasteiger charge is -2.36. The summed E-state index contributed by atoms with van der Waals surface area (Å²) in [4.78, 5) is 33.3. The number of hydrogen-bond donors (Lipinski definition) is 0. The molecule has 0 radical (unpaired) electrons. The molecule has 0 aromatic carbocycles. The number of amides is 1. The standard InChI is InChI=1S/C28H38N8O2/c1-18-17-36(23-14-19(2)31-26-22(23)15-30-33(26)7)9-8-21(18)25-20(3)32-24(16-29-25)34-10-12-35(13-11-34)27(37)38-28(4,5)6/h14-16H,8-13,17H2,1-7H3. The number of carbonyl (C=O) groups excluding carboxylic acids is 1. The Kier molecular flexibility index (Phi) is 6.75. The number of piperazine rings is 1. The van der Waals surface area contributed by atoms with Gasteiger partial charge in [0.15, 0.2) is 5.65 Å². The molecule has 10 heteroatoms. The Labute approximate surface area is 224 Å². The summed E-state index contributed by atoms with van der Waals surface area (Å²) in [6.07, 6.45) is 4.43. The number of aromatic nitrogens is 5. The quantitative estimate of drug-likeness (QED) is 0.511. The van der Waals surface area contributed by atoms with E-state index in [9.17, 15) is 4.79 Å². The number of ether oxygens (including phenoxy) is 1. The van der Waals surface area contributed by atoms with Gasteiger partial charge in [0.05, 0.1) is 34.9 Å². The largest absolute Gasteiger partial charge is 0.444 e. The van der Waals surface area contributed by atoms with Crippen molar-refractivity contribution in [1.82, 2.24) is 29.6 Å². The number of nitrogens with zero attached hydrogens (tertiary/aromatic N) is 8. The first kappa shape index (κ1) is 25.9. The molecule has 2 aliphatic heterocycles. The van der Waals surface area contributed by atoms with E-state index in [-0.39, 0.29) is 6.09 Å². The van der Waals surface area contributed by atoms with Crippen LogP contribution in [0.3, 0.4) is 0 Å². The minimum Gasteiger partial charge on any atom is -0.444 e. The number of rotatable bonds is 3. The van der Waals surface area contributed by atoms with Crippen LogP contribution in [0.25, 0.3) is 16.6 Å². The minimum absolute atomic E-state index is 0.255. The lowest BCUT2D eigenvalue weighted by Crippen LogP contribution is -2.50. The van der Waals surface area contributed by atoms with Gasteiger partial charge in [0.25, 0.3) is 0 Å². The Morgan fingerprint density at radius 1 is 0.974 bits per heavy atom. The van der Waals surface area contributed by atoms with Crippen molar-refractivity contribution in [2.24, 2.45) is 7.05 Å². The van der Waals surface area contributed by atoms with Crippen LogP contribution in [-0.2, 0) is 11.8 Å². The summed E-state index contributed by atoms with van der Waals surface area (Å²) >= 11 is 0. The monoisotopic (exact) mass is 518 g/mol. The molecule has 2 aliphatic rings. The Bertz CT molecular complexity index is 1400. The van der Waals surface area contributed by atoms with Gasteiger partial charge in [0.2, 0.25) is 0 Å². The zero-order chi connectivity index (χ0) is 27.2. The molecule has 10 nitrogen and oxygen atoms in total. The van der Waals surface area contributed by atoms with E-state index in [2.05, 4.69) is 32.9 Å². The average Bonchev–Trinajstić information content (AvgIpc) is 3.23. The van der Waals surface area contributed by atoms with E-state index in [1.165, 1.54) is 16.8 Å². The summed E-state index contributed by atoms with van der Waals surface area (Å²) in [5.41, 5.74) is 7.11. The first-order chi connectivity index (χ1) is 18.0. The maximum atomic E-state index is 12.4. The van der Waals surface area contributed by atoms with Gasteiger partial charge in [0.1, 0.15) is 11.4 Å². The third kappa shape index (κ3) is 5.16. The zero-order valence-electron chi connectivity index (χ0n) is 23.6. The molecule has 0 unspecified atom stereocenters. The van der Waals surface area contributed by atoms with Crippen molar-refractivity contribution in [3.05, 3.63) is 41.1 Å². The first-order valence-corrected chi connectivity index (χ1v) is 13.3. The average molecular weight is 519 g/mol. The van der Waals surface area contributed by atoms with Gasteiger partial charge in [-0.05, 0) is 65.2 Å². The Morgan fingerprint density at radius 2 is 1.71 bits per heavy atom. The second-order valence-electron chi connectivity index (χ2n) is 11.3. The molecule has 1 saturated heterocycles. The summed E-state index contributed by atoms with van der Waals surface area (Å²) in [6, 6.07) is 2.16. The number of carbonyl (C=O) groups is 1. The summed E-state index contributed by atoms with van der Waals surface area (Å²) in [6.45, 7) is 16.3. The molecule has 0 aliphatic carbocycles. The molecule has 1 fully saturated rings. The fourth-order valence-electron chi connectivity index (χ4n) is 5.29. The molecule has 1 amide bonds. The third-order valence-corrected chi connectivity index (χ3v) is 7.20. The predicted octanol–water partition coefficient (Wildman–Crippen LogP) is 4.12. The fraction of sp³-hybridized carbons (Fsp3) is 0.536. The van der Waals surface area contributed by atoms with Gasteiger partial charge in [-0.15, -0.1) is 0 Å². The van der Waals surface area contributed by atoms with Crippen molar-refractivity contribution in [2.45, 2.75) is 53.6 Å².